The molecule has 1 aliphatic heterocycles. The summed E-state index contributed by atoms with van der Waals surface area (Å²) in [6, 6.07) is 3.95. The van der Waals surface area contributed by atoms with E-state index in [0.717, 1.165) is 30.6 Å². The predicted molar refractivity (Wildman–Crippen MR) is 99.1 cm³/mol. The van der Waals surface area contributed by atoms with Gasteiger partial charge < -0.3 is 24.7 Å². The van der Waals surface area contributed by atoms with E-state index in [1.807, 2.05) is 0 Å². The summed E-state index contributed by atoms with van der Waals surface area (Å²) < 4.78 is 46.5. The Hall–Kier alpha value is -3.20. The molecule has 0 amide bonds. The lowest BCUT2D eigenvalue weighted by Gasteiger charge is -2.16. The number of hydrogen-bond acceptors (Lipinski definition) is 10. The molecule has 4 unspecified atom stereocenters. The highest BCUT2D eigenvalue weighted by atomic mass is 32.3. The van der Waals surface area contributed by atoms with Crippen LogP contribution in [-0.4, -0.2) is 69.0 Å². The van der Waals surface area contributed by atoms with Gasteiger partial charge in [-0.2, -0.15) is 8.42 Å². The van der Waals surface area contributed by atoms with Gasteiger partial charge in [0, 0.05) is 0 Å². The molecule has 1 fully saturated rings. The second-order valence-electron chi connectivity index (χ2n) is 6.66. The fourth-order valence-corrected chi connectivity index (χ4v) is 3.60. The van der Waals surface area contributed by atoms with Crippen LogP contribution in [0.1, 0.15) is 16.6 Å². The van der Waals surface area contributed by atoms with Gasteiger partial charge in [-0.1, -0.05) is 0 Å². The summed E-state index contributed by atoms with van der Waals surface area (Å²) in [6.07, 6.45) is -2.75. The van der Waals surface area contributed by atoms with Crippen molar-refractivity contribution in [2.45, 2.75) is 29.4 Å². The zero-order valence-corrected chi connectivity index (χ0v) is 16.3. The number of nitrogens with one attached hydrogen (secondary N) is 1. The lowest BCUT2D eigenvalue weighted by atomic mass is 10.1. The van der Waals surface area contributed by atoms with Crippen molar-refractivity contribution in [3.63, 3.8) is 0 Å². The molecule has 1 aliphatic rings. The standard InChI is InChI=1S/C17H15FN4O8S/c18-31(27,28)9-3-1-8(2-4-9)17(26)29-5-10-12(23)13(24)16(30-10)22-7-21-11-14(22)19-6-20-15(11)25/h1-4,6-7,10,12-13,16,23-24H,5H2,(H,19,20,25). The molecule has 14 heteroatoms. The summed E-state index contributed by atoms with van der Waals surface area (Å²) in [5.74, 6) is -0.877. The first-order chi connectivity index (χ1) is 14.7. The molecule has 164 valence electrons. The number of nitrogens with zero attached hydrogens (tertiary/aromatic N) is 3. The fraction of sp³-hybridized carbons (Fsp3) is 0.294. The maximum absolute atomic E-state index is 12.9. The molecule has 12 nitrogen and oxygen atoms in total. The van der Waals surface area contributed by atoms with E-state index in [1.165, 1.54) is 10.9 Å². The highest BCUT2D eigenvalue weighted by molar-refractivity contribution is 7.86. The summed E-state index contributed by atoms with van der Waals surface area (Å²) in [6.45, 7) is -0.447. The Morgan fingerprint density at radius 3 is 2.61 bits per heavy atom. The van der Waals surface area contributed by atoms with Gasteiger partial charge in [0.15, 0.2) is 17.4 Å². The van der Waals surface area contributed by atoms with Crippen molar-refractivity contribution in [3.8, 4) is 0 Å². The number of H-pyrrole nitrogens is 1. The third-order valence-electron chi connectivity index (χ3n) is 4.73. The van der Waals surface area contributed by atoms with E-state index < -0.39 is 57.8 Å². The van der Waals surface area contributed by atoms with E-state index >= 15 is 0 Å². The average Bonchev–Trinajstić information content (AvgIpc) is 3.28. The minimum absolute atomic E-state index is 0.0152. The number of hydrogen-bond donors (Lipinski definition) is 3. The largest absolute Gasteiger partial charge is 0.459 e. The normalized spacial score (nSPS) is 23.8. The Morgan fingerprint density at radius 1 is 1.23 bits per heavy atom. The van der Waals surface area contributed by atoms with Gasteiger partial charge in [-0.25, -0.2) is 14.8 Å². The molecule has 0 aliphatic carbocycles. The summed E-state index contributed by atoms with van der Waals surface area (Å²) in [5, 5.41) is 20.6. The monoisotopic (exact) mass is 454 g/mol. The molecule has 1 saturated heterocycles. The van der Waals surface area contributed by atoms with Crippen molar-refractivity contribution < 1.29 is 36.8 Å². The number of fused-ring (bicyclic) bond motifs is 1. The van der Waals surface area contributed by atoms with Crippen molar-refractivity contribution in [3.05, 3.63) is 52.8 Å². The highest BCUT2D eigenvalue weighted by Crippen LogP contribution is 2.31. The van der Waals surface area contributed by atoms with Crippen LogP contribution in [0, 0.1) is 0 Å². The second-order valence-corrected chi connectivity index (χ2v) is 8.01. The number of esters is 1. The summed E-state index contributed by atoms with van der Waals surface area (Å²) >= 11 is 0. The number of aliphatic hydroxyl groups excluding tert-OH is 2. The number of aromatic amines is 1. The van der Waals surface area contributed by atoms with Gasteiger partial charge in [-0.15, -0.1) is 3.89 Å². The highest BCUT2D eigenvalue weighted by Gasteiger charge is 2.45. The topological polar surface area (TPSA) is 174 Å². The van der Waals surface area contributed by atoms with E-state index in [0.29, 0.717) is 0 Å². The molecular weight excluding hydrogens is 439 g/mol. The first-order valence-electron chi connectivity index (χ1n) is 8.80. The first kappa shape index (κ1) is 21.0. The number of halogens is 1. The Bertz CT molecular complexity index is 1290. The molecule has 3 N–H and O–H groups in total. The van der Waals surface area contributed by atoms with Crippen LogP contribution in [0.3, 0.4) is 0 Å². The van der Waals surface area contributed by atoms with Gasteiger partial charge in [-0.05, 0) is 24.3 Å². The van der Waals surface area contributed by atoms with Crippen LogP contribution in [0.5, 0.6) is 0 Å². The predicted octanol–water partition coefficient (Wildman–Crippen LogP) is -0.746. The Balaban J connectivity index is 1.45. The Labute approximate surface area is 173 Å². The van der Waals surface area contributed by atoms with Gasteiger partial charge in [0.25, 0.3) is 5.56 Å². The first-order valence-corrected chi connectivity index (χ1v) is 10.2. The van der Waals surface area contributed by atoms with Gasteiger partial charge >= 0.3 is 16.2 Å². The summed E-state index contributed by atoms with van der Waals surface area (Å²) in [4.78, 5) is 33.6. The van der Waals surface area contributed by atoms with Gasteiger partial charge in [0.1, 0.15) is 24.9 Å². The Kier molecular flexibility index (Phi) is 5.30. The third kappa shape index (κ3) is 3.93. The van der Waals surface area contributed by atoms with Crippen molar-refractivity contribution in [1.29, 1.82) is 0 Å². The molecule has 3 heterocycles. The zero-order valence-electron chi connectivity index (χ0n) is 15.5. The maximum Gasteiger partial charge on any atom is 0.338 e. The van der Waals surface area contributed by atoms with Crippen molar-refractivity contribution >= 4 is 27.4 Å². The van der Waals surface area contributed by atoms with Crippen LogP contribution in [0.25, 0.3) is 11.2 Å². The number of rotatable bonds is 5. The zero-order chi connectivity index (χ0) is 22.3. The lowest BCUT2D eigenvalue weighted by Crippen LogP contribution is -2.34. The van der Waals surface area contributed by atoms with Gasteiger partial charge in [0.05, 0.1) is 23.1 Å². The molecule has 3 aromatic rings. The number of benzene rings is 1. The number of carbonyl (C=O) groups is 1. The number of carbonyl (C=O) groups excluding carboxylic acids is 1. The molecule has 4 atom stereocenters. The quantitative estimate of drug-likeness (QED) is 0.329. The molecule has 2 aromatic heterocycles. The van der Waals surface area contributed by atoms with Crippen LogP contribution >= 0.6 is 0 Å². The van der Waals surface area contributed by atoms with Crippen molar-refractivity contribution in [1.82, 2.24) is 19.5 Å². The van der Waals surface area contributed by atoms with Gasteiger partial charge in [-0.3, -0.25) is 9.36 Å². The smallest absolute Gasteiger partial charge is 0.338 e. The minimum atomic E-state index is -4.90. The fourth-order valence-electron chi connectivity index (χ4n) is 3.14. The minimum Gasteiger partial charge on any atom is -0.459 e. The molecule has 0 bridgehead atoms. The average molecular weight is 454 g/mol. The van der Waals surface area contributed by atoms with Crippen LogP contribution in [0.15, 0.2) is 46.6 Å². The molecule has 0 spiro atoms. The summed E-state index contributed by atoms with van der Waals surface area (Å²) in [7, 11) is -4.90. The summed E-state index contributed by atoms with van der Waals surface area (Å²) in [5.41, 5.74) is -0.406. The van der Waals surface area contributed by atoms with Crippen LogP contribution < -0.4 is 5.56 Å². The molecule has 31 heavy (non-hydrogen) atoms. The van der Waals surface area contributed by atoms with Crippen LogP contribution in [-0.2, 0) is 19.7 Å². The van der Waals surface area contributed by atoms with E-state index in [4.69, 9.17) is 9.47 Å². The van der Waals surface area contributed by atoms with E-state index in [-0.39, 0.29) is 16.7 Å². The van der Waals surface area contributed by atoms with Gasteiger partial charge in [0.2, 0.25) is 0 Å². The van der Waals surface area contributed by atoms with E-state index in [1.54, 1.807) is 0 Å². The van der Waals surface area contributed by atoms with E-state index in [2.05, 4.69) is 15.0 Å². The van der Waals surface area contributed by atoms with Crippen LogP contribution in [0.4, 0.5) is 3.89 Å². The second kappa shape index (κ2) is 7.81. The number of imidazole rings is 1. The molecule has 1 aromatic carbocycles. The molecule has 0 radical (unpaired) electrons. The van der Waals surface area contributed by atoms with Crippen molar-refractivity contribution in [2.75, 3.05) is 6.61 Å². The molecule has 0 saturated carbocycles. The lowest BCUT2D eigenvalue weighted by molar-refractivity contribution is -0.0565. The SMILES string of the molecule is O=C(OCC1OC(n2cnc3c(=O)[nH]cnc32)C(O)C1O)c1ccc(S(=O)(=O)F)cc1. The molecule has 4 rings (SSSR count). The number of ether oxygens (including phenoxy) is 2. The van der Waals surface area contributed by atoms with Crippen molar-refractivity contribution in [2.24, 2.45) is 0 Å². The van der Waals surface area contributed by atoms with E-state index in [9.17, 15) is 32.1 Å². The molecular formula is C17H15FN4O8S. The van der Waals surface area contributed by atoms with Crippen LogP contribution in [0.2, 0.25) is 0 Å². The number of aromatic nitrogens is 4. The Morgan fingerprint density at radius 2 is 1.94 bits per heavy atom. The maximum atomic E-state index is 12.9. The number of aliphatic hydroxyl groups is 2. The third-order valence-corrected chi connectivity index (χ3v) is 5.56.